The number of hydrogen-bond acceptors (Lipinski definition) is 10. The minimum atomic E-state index is -3.19. The van der Waals surface area contributed by atoms with Crippen LogP contribution in [0.4, 0.5) is 23.0 Å². The van der Waals surface area contributed by atoms with Gasteiger partial charge in [0.15, 0.2) is 0 Å². The zero-order chi connectivity index (χ0) is 33.9. The fraction of sp³-hybridized carbons (Fsp3) is 0.312. The van der Waals surface area contributed by atoms with E-state index >= 15 is 0 Å². The summed E-state index contributed by atoms with van der Waals surface area (Å²) < 4.78 is 42.8. The summed E-state index contributed by atoms with van der Waals surface area (Å²) in [7, 11) is -1.16. The van der Waals surface area contributed by atoms with Crippen molar-refractivity contribution in [2.45, 2.75) is 27.5 Å². The minimum Gasteiger partial charge on any atom is -0.252 e. The van der Waals surface area contributed by atoms with E-state index in [0.29, 0.717) is 33.6 Å². The first kappa shape index (κ1) is 34.1. The van der Waals surface area contributed by atoms with Gasteiger partial charge in [0.05, 0.1) is 5.41 Å². The summed E-state index contributed by atoms with van der Waals surface area (Å²) in [6.45, 7) is 9.36. The van der Waals surface area contributed by atoms with Gasteiger partial charge in [0, 0.05) is 5.69 Å². The number of hydrogen-bond donors (Lipinski definition) is 2. The van der Waals surface area contributed by atoms with Crippen LogP contribution < -0.4 is 18.5 Å². The second kappa shape index (κ2) is 13.9. The number of anilines is 4. The number of halogens is 1. The van der Waals surface area contributed by atoms with Crippen molar-refractivity contribution >= 4 is 76.0 Å². The van der Waals surface area contributed by atoms with Gasteiger partial charge in [-0.2, -0.15) is 0 Å². The number of rotatable bonds is 11. The number of carbonyl (C=O) groups is 2. The van der Waals surface area contributed by atoms with E-state index in [-0.39, 0.29) is 30.4 Å². The molecule has 0 spiro atoms. The van der Waals surface area contributed by atoms with Gasteiger partial charge in [-0.25, -0.2) is 0 Å². The van der Waals surface area contributed by atoms with Crippen LogP contribution in [0.15, 0.2) is 73.4 Å². The molecule has 1 saturated heterocycles. The average molecular weight is 776 g/mol. The first-order valence-corrected chi connectivity index (χ1v) is 20.5. The quantitative estimate of drug-likeness (QED) is 0.0484. The number of sulfonamides is 1. The van der Waals surface area contributed by atoms with E-state index in [4.69, 9.17) is 14.5 Å². The summed E-state index contributed by atoms with van der Waals surface area (Å²) in [6.07, 6.45) is 4.19. The number of alkyl halides is 2. The number of esters is 1. The number of amides is 1. The Morgan fingerprint density at radius 2 is 1.85 bits per heavy atom. The third-order valence-electron chi connectivity index (χ3n) is 7.16. The minimum absolute atomic E-state index is 0.0537. The Labute approximate surface area is 281 Å². The molecule has 0 unspecified atom stereocenters. The molecule has 1 amide bonds. The van der Waals surface area contributed by atoms with Gasteiger partial charge in [0.2, 0.25) is 5.91 Å². The van der Waals surface area contributed by atoms with Gasteiger partial charge < -0.3 is 5.32 Å². The SMILES string of the molecule is C=CC(=O)Nc1cccc(Oc2nc(Nc3ccc(N(C)I4CCN(S(C)(=O)=O)C4)cc3)nc3c2ccn3COC(=O)C(C)(C)C)c1. The summed E-state index contributed by atoms with van der Waals surface area (Å²) in [6, 6.07) is 16.5. The van der Waals surface area contributed by atoms with Gasteiger partial charge in [-0.3, -0.25) is 9.59 Å². The number of ether oxygens (including phenoxy) is 2. The number of nitrogens with zero attached hydrogens (tertiary/aromatic N) is 5. The Balaban J connectivity index is 1.41. The number of benzene rings is 2. The summed E-state index contributed by atoms with van der Waals surface area (Å²) in [4.78, 5) is 33.7. The monoisotopic (exact) mass is 775 g/mol. The molecule has 2 N–H and O–H groups in total. The van der Waals surface area contributed by atoms with Gasteiger partial charge >= 0.3 is 205 Å². The van der Waals surface area contributed by atoms with Gasteiger partial charge in [-0.05, 0) is 32.9 Å². The fourth-order valence-corrected chi connectivity index (χ4v) is 12.7. The molecule has 1 fully saturated rings. The average Bonchev–Trinajstić information content (AvgIpc) is 3.68. The van der Waals surface area contributed by atoms with Gasteiger partial charge in [0.25, 0.3) is 0 Å². The van der Waals surface area contributed by atoms with Crippen molar-refractivity contribution in [2.24, 2.45) is 5.41 Å². The normalized spacial score (nSPS) is 14.5. The molecule has 1 aliphatic rings. The van der Waals surface area contributed by atoms with Crippen molar-refractivity contribution in [3.05, 3.63) is 73.4 Å². The maximum absolute atomic E-state index is 12.5. The van der Waals surface area contributed by atoms with Crippen LogP contribution in [0.25, 0.3) is 11.0 Å². The van der Waals surface area contributed by atoms with E-state index in [2.05, 4.69) is 25.3 Å². The van der Waals surface area contributed by atoms with Gasteiger partial charge in [-0.1, -0.05) is 12.6 Å². The third-order valence-corrected chi connectivity index (χ3v) is 14.8. The molecule has 4 aromatic rings. The third kappa shape index (κ3) is 8.39. The van der Waals surface area contributed by atoms with E-state index in [1.807, 2.05) is 31.3 Å². The number of nitrogens with one attached hydrogen (secondary N) is 2. The molecule has 13 nitrogen and oxygen atoms in total. The van der Waals surface area contributed by atoms with E-state index in [1.54, 1.807) is 66.2 Å². The molecule has 5 rings (SSSR count). The molecule has 3 heterocycles. The Kier molecular flexibility index (Phi) is 10.1. The summed E-state index contributed by atoms with van der Waals surface area (Å²) in [5, 5.41) is 6.56. The number of carbonyl (C=O) groups excluding carboxylic acids is 2. The molecule has 1 aliphatic heterocycles. The summed E-state index contributed by atoms with van der Waals surface area (Å²) in [5.41, 5.74) is 2.08. The van der Waals surface area contributed by atoms with Crippen LogP contribution in [0, 0.1) is 5.41 Å². The molecule has 15 heteroatoms. The maximum atomic E-state index is 12.5. The molecular formula is C32H38IN7O6S. The predicted octanol–water partition coefficient (Wildman–Crippen LogP) is 5.73. The number of aromatic nitrogens is 3. The molecule has 2 aromatic heterocycles. The van der Waals surface area contributed by atoms with Crippen LogP contribution in [0.3, 0.4) is 0 Å². The second-order valence-electron chi connectivity index (χ2n) is 11.8. The topological polar surface area (TPSA) is 148 Å². The predicted molar refractivity (Wildman–Crippen MR) is 192 cm³/mol. The van der Waals surface area contributed by atoms with Crippen molar-refractivity contribution < 1.29 is 27.5 Å². The molecule has 2 aromatic carbocycles. The molecule has 0 bridgehead atoms. The molecule has 0 radical (unpaired) electrons. The van der Waals surface area contributed by atoms with Crippen molar-refractivity contribution in [2.75, 3.05) is 42.6 Å². The van der Waals surface area contributed by atoms with Crippen LogP contribution in [0.1, 0.15) is 20.8 Å². The molecule has 0 aliphatic carbocycles. The summed E-state index contributed by atoms with van der Waals surface area (Å²) >= 11 is -1.70. The Bertz CT molecular complexity index is 1910. The molecule has 47 heavy (non-hydrogen) atoms. The Morgan fingerprint density at radius 1 is 1.11 bits per heavy atom. The second-order valence-corrected chi connectivity index (χ2v) is 19.5. The summed E-state index contributed by atoms with van der Waals surface area (Å²) in [5.74, 6) is 0.242. The smallest absolute Gasteiger partial charge is 0.252 e. The van der Waals surface area contributed by atoms with Crippen molar-refractivity contribution in [3.63, 3.8) is 0 Å². The van der Waals surface area contributed by atoms with Crippen LogP contribution in [0.2, 0.25) is 0 Å². The van der Waals surface area contributed by atoms with Crippen LogP contribution in [0.5, 0.6) is 11.6 Å². The van der Waals surface area contributed by atoms with E-state index in [1.165, 1.54) is 12.3 Å². The van der Waals surface area contributed by atoms with Crippen LogP contribution in [-0.4, -0.2) is 68.0 Å². The van der Waals surface area contributed by atoms with Crippen molar-refractivity contribution in [1.29, 1.82) is 0 Å². The molecule has 0 atom stereocenters. The van der Waals surface area contributed by atoms with Gasteiger partial charge in [-0.15, -0.1) is 0 Å². The van der Waals surface area contributed by atoms with Crippen molar-refractivity contribution in [3.8, 4) is 11.6 Å². The van der Waals surface area contributed by atoms with Crippen LogP contribution in [-0.2, 0) is 31.1 Å². The van der Waals surface area contributed by atoms with E-state index < -0.39 is 35.5 Å². The number of fused-ring (bicyclic) bond motifs is 1. The molecular weight excluding hydrogens is 737 g/mol. The first-order valence-electron chi connectivity index (χ1n) is 14.6. The molecule has 0 saturated carbocycles. The van der Waals surface area contributed by atoms with E-state index in [0.717, 1.165) is 15.8 Å². The standard InChI is InChI=1S/C32H38IN7O6S/c1-7-27(41)34-23-9-8-10-25(19-23)46-29-26-15-17-39(21-45-30(42)32(2,3)4)28(26)36-31(37-29)35-22-11-13-24(14-12-22)38(5)33-16-18-40(20-33)47(6,43)44/h7-15,17,19H,1,16,18,20-21H2,2-6H3,(H,34,41)(H,35,36,37). The zero-order valence-electron chi connectivity index (χ0n) is 26.9. The molecule has 250 valence electrons. The van der Waals surface area contributed by atoms with Crippen molar-refractivity contribution in [1.82, 2.24) is 18.8 Å². The first-order chi connectivity index (χ1) is 22.2. The Morgan fingerprint density at radius 3 is 2.51 bits per heavy atom. The van der Waals surface area contributed by atoms with E-state index in [9.17, 15) is 18.0 Å². The Hall–Kier alpha value is -4.22. The zero-order valence-corrected chi connectivity index (χ0v) is 29.8. The van der Waals surface area contributed by atoms with Crippen LogP contribution >= 0.6 is 20.1 Å². The van der Waals surface area contributed by atoms with Gasteiger partial charge in [0.1, 0.15) is 0 Å². The fourth-order valence-electron chi connectivity index (χ4n) is 4.51.